The number of anilines is 2. The molecule has 124 valence electrons. The van der Waals surface area contributed by atoms with Gasteiger partial charge in [0.15, 0.2) is 5.16 Å². The number of carbonyl (C=O) groups is 2. The molecule has 0 saturated carbocycles. The first-order valence-electron chi connectivity index (χ1n) is 7.02. The lowest BCUT2D eigenvalue weighted by Crippen LogP contribution is -2.36. The minimum Gasteiger partial charge on any atom is -0.325 e. The molecular weight excluding hydrogens is 352 g/mol. The molecule has 2 heterocycles. The van der Waals surface area contributed by atoms with Crippen molar-refractivity contribution in [2.45, 2.75) is 17.5 Å². The van der Waals surface area contributed by atoms with Crippen LogP contribution in [0.15, 0.2) is 34.2 Å². The summed E-state index contributed by atoms with van der Waals surface area (Å²) in [7, 11) is 0. The maximum absolute atomic E-state index is 12.6. The SMILES string of the molecule is CSc1nc2c(c(=O)[nH]1)[C@@H](C(=O)Nc1cccc(Cl)c1)CC(=O)N2. The molecule has 1 aliphatic heterocycles. The van der Waals surface area contributed by atoms with Crippen LogP contribution in [0.5, 0.6) is 0 Å². The topological polar surface area (TPSA) is 104 Å². The largest absolute Gasteiger partial charge is 0.325 e. The average Bonchev–Trinajstić information content (AvgIpc) is 2.53. The standard InChI is InChI=1S/C15H13ClN4O3S/c1-24-15-19-12-11(14(23)20-15)9(6-10(21)18-12)13(22)17-8-4-2-3-7(16)5-8/h2-5,9H,6H2,1H3,(H,17,22)(H2,18,19,20,21,23)/t9-/m0/s1. The molecule has 2 aromatic rings. The Hall–Kier alpha value is -2.32. The van der Waals surface area contributed by atoms with Crippen LogP contribution in [0.3, 0.4) is 0 Å². The molecule has 1 aromatic heterocycles. The van der Waals surface area contributed by atoms with Gasteiger partial charge in [-0.3, -0.25) is 14.4 Å². The third-order valence-electron chi connectivity index (χ3n) is 3.53. The lowest BCUT2D eigenvalue weighted by molar-refractivity contribution is -0.123. The van der Waals surface area contributed by atoms with Crippen LogP contribution >= 0.6 is 23.4 Å². The average molecular weight is 365 g/mol. The van der Waals surface area contributed by atoms with E-state index in [1.807, 2.05) is 0 Å². The fourth-order valence-electron chi connectivity index (χ4n) is 2.47. The number of hydrogen-bond acceptors (Lipinski definition) is 5. The summed E-state index contributed by atoms with van der Waals surface area (Å²) in [5.74, 6) is -1.61. The Morgan fingerprint density at radius 2 is 2.21 bits per heavy atom. The first-order valence-corrected chi connectivity index (χ1v) is 8.62. The molecule has 9 heteroatoms. The lowest BCUT2D eigenvalue weighted by Gasteiger charge is -2.23. The van der Waals surface area contributed by atoms with Crippen molar-refractivity contribution in [1.29, 1.82) is 0 Å². The molecule has 0 bridgehead atoms. The molecule has 24 heavy (non-hydrogen) atoms. The van der Waals surface area contributed by atoms with E-state index in [9.17, 15) is 14.4 Å². The van der Waals surface area contributed by atoms with Crippen molar-refractivity contribution in [3.63, 3.8) is 0 Å². The van der Waals surface area contributed by atoms with Gasteiger partial charge in [-0.25, -0.2) is 4.98 Å². The molecule has 1 aliphatic rings. The summed E-state index contributed by atoms with van der Waals surface area (Å²) in [4.78, 5) is 43.5. The number of aromatic amines is 1. The summed E-state index contributed by atoms with van der Waals surface area (Å²) in [6.07, 6.45) is 1.63. The number of thioether (sulfide) groups is 1. The number of hydrogen-bond donors (Lipinski definition) is 3. The number of carbonyl (C=O) groups excluding carboxylic acids is 2. The highest BCUT2D eigenvalue weighted by atomic mass is 35.5. The summed E-state index contributed by atoms with van der Waals surface area (Å²) in [6, 6.07) is 6.63. The monoisotopic (exact) mass is 364 g/mol. The minimum absolute atomic E-state index is 0.122. The zero-order chi connectivity index (χ0) is 17.3. The third-order valence-corrected chi connectivity index (χ3v) is 4.35. The molecule has 2 amide bonds. The summed E-state index contributed by atoms with van der Waals surface area (Å²) < 4.78 is 0. The molecule has 0 radical (unpaired) electrons. The van der Waals surface area contributed by atoms with Gasteiger partial charge >= 0.3 is 0 Å². The van der Waals surface area contributed by atoms with E-state index < -0.39 is 17.4 Å². The van der Waals surface area contributed by atoms with E-state index >= 15 is 0 Å². The van der Waals surface area contributed by atoms with Crippen LogP contribution in [0.4, 0.5) is 11.5 Å². The smallest absolute Gasteiger partial charge is 0.257 e. The van der Waals surface area contributed by atoms with Crippen LogP contribution in [-0.4, -0.2) is 28.0 Å². The van der Waals surface area contributed by atoms with Gasteiger partial charge in [0, 0.05) is 17.1 Å². The van der Waals surface area contributed by atoms with E-state index in [0.29, 0.717) is 15.9 Å². The van der Waals surface area contributed by atoms with E-state index in [1.54, 1.807) is 30.5 Å². The number of halogens is 1. The first kappa shape index (κ1) is 16.5. The van der Waals surface area contributed by atoms with Gasteiger partial charge in [-0.1, -0.05) is 29.4 Å². The maximum Gasteiger partial charge on any atom is 0.257 e. The second-order valence-electron chi connectivity index (χ2n) is 5.14. The first-order chi connectivity index (χ1) is 11.5. The summed E-state index contributed by atoms with van der Waals surface area (Å²) in [6.45, 7) is 0. The van der Waals surface area contributed by atoms with Crippen LogP contribution in [0.1, 0.15) is 17.9 Å². The highest BCUT2D eigenvalue weighted by Gasteiger charge is 2.34. The van der Waals surface area contributed by atoms with Crippen molar-refractivity contribution in [3.8, 4) is 0 Å². The molecule has 1 atom stereocenters. The predicted octanol–water partition coefficient (Wildman–Crippen LogP) is 2.21. The normalized spacial score (nSPS) is 16.2. The fraction of sp³-hybridized carbons (Fsp3) is 0.200. The Morgan fingerprint density at radius 3 is 2.92 bits per heavy atom. The molecular formula is C15H13ClN4O3S. The Balaban J connectivity index is 1.96. The molecule has 0 aliphatic carbocycles. The second-order valence-corrected chi connectivity index (χ2v) is 6.37. The number of benzene rings is 1. The van der Waals surface area contributed by atoms with Gasteiger partial charge in [-0.05, 0) is 24.5 Å². The molecule has 3 N–H and O–H groups in total. The number of amides is 2. The van der Waals surface area contributed by atoms with Crippen molar-refractivity contribution in [1.82, 2.24) is 9.97 Å². The minimum atomic E-state index is -0.917. The van der Waals surface area contributed by atoms with Crippen molar-refractivity contribution >= 4 is 46.7 Å². The van der Waals surface area contributed by atoms with Gasteiger partial charge in [0.2, 0.25) is 11.8 Å². The van der Waals surface area contributed by atoms with Gasteiger partial charge in [0.25, 0.3) is 5.56 Å². The zero-order valence-corrected chi connectivity index (χ0v) is 14.1. The van der Waals surface area contributed by atoms with Crippen molar-refractivity contribution < 1.29 is 9.59 Å². The Bertz CT molecular complexity index is 883. The molecule has 0 spiro atoms. The van der Waals surface area contributed by atoms with Crippen LogP contribution in [0.25, 0.3) is 0 Å². The van der Waals surface area contributed by atoms with Crippen LogP contribution in [0, 0.1) is 0 Å². The maximum atomic E-state index is 12.6. The molecule has 0 fully saturated rings. The highest BCUT2D eigenvalue weighted by molar-refractivity contribution is 7.98. The summed E-state index contributed by atoms with van der Waals surface area (Å²) in [5, 5.41) is 6.07. The second kappa shape index (κ2) is 6.66. The van der Waals surface area contributed by atoms with E-state index in [-0.39, 0.29) is 23.7 Å². The fourth-order valence-corrected chi connectivity index (χ4v) is 3.03. The van der Waals surface area contributed by atoms with Crippen molar-refractivity contribution in [2.75, 3.05) is 16.9 Å². The molecule has 0 unspecified atom stereocenters. The number of rotatable bonds is 3. The van der Waals surface area contributed by atoms with Crippen LogP contribution < -0.4 is 16.2 Å². The van der Waals surface area contributed by atoms with E-state index in [4.69, 9.17) is 11.6 Å². The quantitative estimate of drug-likeness (QED) is 0.572. The van der Waals surface area contributed by atoms with Gasteiger partial charge in [0.05, 0.1) is 11.5 Å². The van der Waals surface area contributed by atoms with Crippen molar-refractivity contribution in [2.24, 2.45) is 0 Å². The number of fused-ring (bicyclic) bond motifs is 1. The molecule has 0 saturated heterocycles. The third kappa shape index (κ3) is 3.29. The Kier molecular flexibility index (Phi) is 4.59. The lowest BCUT2D eigenvalue weighted by atomic mass is 9.92. The summed E-state index contributed by atoms with van der Waals surface area (Å²) >= 11 is 7.13. The van der Waals surface area contributed by atoms with E-state index in [0.717, 1.165) is 0 Å². The Morgan fingerprint density at radius 1 is 1.42 bits per heavy atom. The molecule has 3 rings (SSSR count). The number of aromatic nitrogens is 2. The van der Waals surface area contributed by atoms with Crippen molar-refractivity contribution in [3.05, 3.63) is 45.2 Å². The number of H-pyrrole nitrogens is 1. The van der Waals surface area contributed by atoms with Crippen LogP contribution in [-0.2, 0) is 9.59 Å². The number of nitrogens with zero attached hydrogens (tertiary/aromatic N) is 1. The van der Waals surface area contributed by atoms with Gasteiger partial charge < -0.3 is 15.6 Å². The van der Waals surface area contributed by atoms with Crippen LogP contribution in [0.2, 0.25) is 5.02 Å². The van der Waals surface area contributed by atoms with Gasteiger partial charge in [-0.15, -0.1) is 0 Å². The van der Waals surface area contributed by atoms with Gasteiger partial charge in [0.1, 0.15) is 5.82 Å². The predicted molar refractivity (Wildman–Crippen MR) is 92.7 cm³/mol. The van der Waals surface area contributed by atoms with Gasteiger partial charge in [-0.2, -0.15) is 0 Å². The highest BCUT2D eigenvalue weighted by Crippen LogP contribution is 2.30. The summed E-state index contributed by atoms with van der Waals surface area (Å²) in [5.41, 5.74) is 0.215. The Labute approximate surface area is 146 Å². The number of nitrogens with one attached hydrogen (secondary N) is 3. The molecule has 7 nitrogen and oxygen atoms in total. The van der Waals surface area contributed by atoms with E-state index in [2.05, 4.69) is 20.6 Å². The molecule has 1 aromatic carbocycles. The van der Waals surface area contributed by atoms with E-state index in [1.165, 1.54) is 11.8 Å². The zero-order valence-electron chi connectivity index (χ0n) is 12.6.